The molecule has 0 radical (unpaired) electrons. The van der Waals surface area contributed by atoms with E-state index in [4.69, 9.17) is 0 Å². The summed E-state index contributed by atoms with van der Waals surface area (Å²) in [5.74, 6) is 1.57. The SMILES string of the molecule is CCCNc1cncc(NCc2c(C)nn(C)c2C)n1. The predicted molar refractivity (Wildman–Crippen MR) is 80.8 cm³/mol. The third kappa shape index (κ3) is 3.26. The van der Waals surface area contributed by atoms with Gasteiger partial charge in [-0.2, -0.15) is 5.10 Å². The van der Waals surface area contributed by atoms with Gasteiger partial charge in [0.25, 0.3) is 0 Å². The minimum Gasteiger partial charge on any atom is -0.369 e. The van der Waals surface area contributed by atoms with E-state index in [1.807, 2.05) is 18.7 Å². The zero-order valence-corrected chi connectivity index (χ0v) is 12.6. The molecule has 6 heteroatoms. The van der Waals surface area contributed by atoms with Crippen LogP contribution in [0, 0.1) is 13.8 Å². The minimum atomic E-state index is 0.706. The third-order valence-electron chi connectivity index (χ3n) is 3.30. The van der Waals surface area contributed by atoms with E-state index in [2.05, 4.69) is 39.5 Å². The van der Waals surface area contributed by atoms with Gasteiger partial charge in [0.05, 0.1) is 18.1 Å². The van der Waals surface area contributed by atoms with Crippen LogP contribution in [0.5, 0.6) is 0 Å². The van der Waals surface area contributed by atoms with Gasteiger partial charge in [0, 0.05) is 31.4 Å². The summed E-state index contributed by atoms with van der Waals surface area (Å²) in [5, 5.41) is 10.9. The fraction of sp³-hybridized carbons (Fsp3) is 0.500. The Bertz CT molecular complexity index is 575. The van der Waals surface area contributed by atoms with Crippen molar-refractivity contribution in [3.8, 4) is 0 Å². The van der Waals surface area contributed by atoms with E-state index in [1.165, 1.54) is 11.3 Å². The maximum Gasteiger partial charge on any atom is 0.147 e. The van der Waals surface area contributed by atoms with Crippen LogP contribution in [0.15, 0.2) is 12.4 Å². The van der Waals surface area contributed by atoms with Crippen LogP contribution in [-0.2, 0) is 13.6 Å². The Morgan fingerprint density at radius 2 is 1.85 bits per heavy atom. The molecular weight excluding hydrogens is 252 g/mol. The lowest BCUT2D eigenvalue weighted by atomic mass is 10.2. The van der Waals surface area contributed by atoms with Gasteiger partial charge in [0.1, 0.15) is 11.6 Å². The van der Waals surface area contributed by atoms with Crippen LogP contribution < -0.4 is 10.6 Å². The first-order valence-electron chi connectivity index (χ1n) is 6.90. The van der Waals surface area contributed by atoms with E-state index in [0.717, 1.165) is 30.3 Å². The molecule has 0 aliphatic rings. The Morgan fingerprint density at radius 1 is 1.15 bits per heavy atom. The normalized spacial score (nSPS) is 10.6. The fourth-order valence-electron chi connectivity index (χ4n) is 2.04. The number of aromatic nitrogens is 4. The second kappa shape index (κ2) is 6.36. The quantitative estimate of drug-likeness (QED) is 0.845. The molecule has 20 heavy (non-hydrogen) atoms. The zero-order chi connectivity index (χ0) is 14.5. The Balaban J connectivity index is 2.03. The van der Waals surface area contributed by atoms with Crippen LogP contribution in [0.25, 0.3) is 0 Å². The highest BCUT2D eigenvalue weighted by atomic mass is 15.3. The first kappa shape index (κ1) is 14.3. The Hall–Kier alpha value is -2.11. The van der Waals surface area contributed by atoms with Crippen LogP contribution in [-0.4, -0.2) is 26.3 Å². The van der Waals surface area contributed by atoms with E-state index in [1.54, 1.807) is 12.4 Å². The van der Waals surface area contributed by atoms with Gasteiger partial charge < -0.3 is 10.6 Å². The number of nitrogens with one attached hydrogen (secondary N) is 2. The van der Waals surface area contributed by atoms with E-state index >= 15 is 0 Å². The third-order valence-corrected chi connectivity index (χ3v) is 3.30. The summed E-state index contributed by atoms with van der Waals surface area (Å²) in [7, 11) is 1.96. The number of anilines is 2. The molecule has 2 aromatic heterocycles. The average molecular weight is 274 g/mol. The lowest BCUT2D eigenvalue weighted by molar-refractivity contribution is 0.730. The van der Waals surface area contributed by atoms with Gasteiger partial charge in [0.2, 0.25) is 0 Å². The van der Waals surface area contributed by atoms with Gasteiger partial charge in [-0.15, -0.1) is 0 Å². The Morgan fingerprint density at radius 3 is 2.45 bits per heavy atom. The molecule has 0 aliphatic heterocycles. The molecule has 0 bridgehead atoms. The second-order valence-electron chi connectivity index (χ2n) is 4.84. The first-order valence-corrected chi connectivity index (χ1v) is 6.90. The van der Waals surface area contributed by atoms with Crippen LogP contribution in [0.1, 0.15) is 30.3 Å². The van der Waals surface area contributed by atoms with Crippen molar-refractivity contribution in [2.24, 2.45) is 7.05 Å². The monoisotopic (exact) mass is 274 g/mol. The van der Waals surface area contributed by atoms with Crippen molar-refractivity contribution in [1.29, 1.82) is 0 Å². The molecule has 0 fully saturated rings. The lowest BCUT2D eigenvalue weighted by Gasteiger charge is -2.08. The number of hydrogen-bond acceptors (Lipinski definition) is 5. The molecule has 0 saturated heterocycles. The summed E-state index contributed by atoms with van der Waals surface area (Å²) < 4.78 is 1.90. The van der Waals surface area contributed by atoms with Crippen molar-refractivity contribution >= 4 is 11.6 Å². The summed E-state index contributed by atoms with van der Waals surface area (Å²) in [6.45, 7) is 7.82. The van der Waals surface area contributed by atoms with Crippen LogP contribution in [0.4, 0.5) is 11.6 Å². The molecule has 108 valence electrons. The van der Waals surface area contributed by atoms with Gasteiger partial charge >= 0.3 is 0 Å². The molecule has 0 spiro atoms. The molecule has 6 nitrogen and oxygen atoms in total. The van der Waals surface area contributed by atoms with Crippen LogP contribution in [0.2, 0.25) is 0 Å². The summed E-state index contributed by atoms with van der Waals surface area (Å²) >= 11 is 0. The second-order valence-corrected chi connectivity index (χ2v) is 4.84. The van der Waals surface area contributed by atoms with Crippen molar-refractivity contribution in [1.82, 2.24) is 19.7 Å². The largest absolute Gasteiger partial charge is 0.369 e. The molecule has 2 N–H and O–H groups in total. The van der Waals surface area contributed by atoms with Gasteiger partial charge in [0.15, 0.2) is 0 Å². The molecule has 0 saturated carbocycles. The summed E-state index contributed by atoms with van der Waals surface area (Å²) in [6.07, 6.45) is 4.53. The summed E-state index contributed by atoms with van der Waals surface area (Å²) in [4.78, 5) is 8.67. The van der Waals surface area contributed by atoms with Crippen molar-refractivity contribution < 1.29 is 0 Å². The van der Waals surface area contributed by atoms with E-state index < -0.39 is 0 Å². The van der Waals surface area contributed by atoms with Crippen molar-refractivity contribution in [2.75, 3.05) is 17.2 Å². The van der Waals surface area contributed by atoms with Gasteiger partial charge in [-0.05, 0) is 20.3 Å². The van der Waals surface area contributed by atoms with E-state index in [9.17, 15) is 0 Å². The van der Waals surface area contributed by atoms with E-state index in [-0.39, 0.29) is 0 Å². The molecule has 0 aromatic carbocycles. The Kier molecular flexibility index (Phi) is 4.55. The molecular formula is C14H22N6. The zero-order valence-electron chi connectivity index (χ0n) is 12.6. The van der Waals surface area contributed by atoms with Gasteiger partial charge in [-0.3, -0.25) is 9.67 Å². The maximum atomic E-state index is 4.48. The number of hydrogen-bond donors (Lipinski definition) is 2. The highest BCUT2D eigenvalue weighted by molar-refractivity contribution is 5.42. The van der Waals surface area contributed by atoms with Gasteiger partial charge in [-0.1, -0.05) is 6.92 Å². The van der Waals surface area contributed by atoms with Crippen molar-refractivity contribution in [2.45, 2.75) is 33.7 Å². The number of nitrogens with zero attached hydrogens (tertiary/aromatic N) is 4. The standard InChI is InChI=1S/C14H22N6/c1-5-6-16-13-8-15-9-14(18-13)17-7-12-10(2)19-20(4)11(12)3/h8-9H,5-7H2,1-4H3,(H2,16,17,18). The summed E-state index contributed by atoms with van der Waals surface area (Å²) in [5.41, 5.74) is 3.43. The minimum absolute atomic E-state index is 0.706. The lowest BCUT2D eigenvalue weighted by Crippen LogP contribution is -2.07. The number of rotatable bonds is 6. The Labute approximate surface area is 119 Å². The molecule has 2 heterocycles. The van der Waals surface area contributed by atoms with Crippen molar-refractivity contribution in [3.63, 3.8) is 0 Å². The summed E-state index contributed by atoms with van der Waals surface area (Å²) in [6, 6.07) is 0. The van der Waals surface area contributed by atoms with E-state index in [0.29, 0.717) is 6.54 Å². The molecule has 0 atom stereocenters. The van der Waals surface area contributed by atoms with Crippen LogP contribution >= 0.6 is 0 Å². The molecule has 0 aliphatic carbocycles. The molecule has 2 aromatic rings. The average Bonchev–Trinajstić information content (AvgIpc) is 2.68. The smallest absolute Gasteiger partial charge is 0.147 e. The maximum absolute atomic E-state index is 4.48. The molecule has 2 rings (SSSR count). The molecule has 0 unspecified atom stereocenters. The number of aryl methyl sites for hydroxylation is 2. The topological polar surface area (TPSA) is 67.7 Å². The van der Waals surface area contributed by atoms with Crippen LogP contribution in [0.3, 0.4) is 0 Å². The fourth-order valence-corrected chi connectivity index (χ4v) is 2.04. The highest BCUT2D eigenvalue weighted by Gasteiger charge is 2.09. The van der Waals surface area contributed by atoms with Gasteiger partial charge in [-0.25, -0.2) is 4.98 Å². The first-order chi connectivity index (χ1) is 9.61. The molecule has 0 amide bonds. The predicted octanol–water partition coefficient (Wildman–Crippen LogP) is 2.26. The highest BCUT2D eigenvalue weighted by Crippen LogP contribution is 2.14. The van der Waals surface area contributed by atoms with Crippen molar-refractivity contribution in [3.05, 3.63) is 29.3 Å².